The molecular weight excluding hydrogens is 488 g/mol. The smallest absolute Gasteiger partial charge is 0.336 e. The molecule has 1 aromatic carbocycles. The minimum absolute atomic E-state index is 0.127. The van der Waals surface area contributed by atoms with Gasteiger partial charge in [-0.25, -0.2) is 9.59 Å². The van der Waals surface area contributed by atoms with Crippen molar-refractivity contribution in [3.05, 3.63) is 79.3 Å². The van der Waals surface area contributed by atoms with Gasteiger partial charge in [-0.1, -0.05) is 29.8 Å². The zero-order valence-electron chi connectivity index (χ0n) is 20.6. The maximum atomic E-state index is 13.2. The summed E-state index contributed by atoms with van der Waals surface area (Å²) in [5, 5.41) is 3.63. The summed E-state index contributed by atoms with van der Waals surface area (Å²) in [6.07, 6.45) is 0. The van der Waals surface area contributed by atoms with E-state index in [4.69, 9.17) is 25.8 Å². The standard InChI is InChI=1S/C26H31ClN2O5S/c1-6-34-26(31)24-21(15-33-14-18-12-11-17(35-18)13-29(3)4)28-16(2)22(25(30)32-5)23(24)19-9-7-8-10-20(19)27/h7-12,23,28H,6,13-15H2,1-5H3. The lowest BCUT2D eigenvalue weighted by molar-refractivity contribution is -0.139. The van der Waals surface area contributed by atoms with Crippen molar-refractivity contribution in [3.8, 4) is 0 Å². The van der Waals surface area contributed by atoms with Gasteiger partial charge in [0.1, 0.15) is 0 Å². The molecule has 0 saturated heterocycles. The molecule has 35 heavy (non-hydrogen) atoms. The molecule has 0 fully saturated rings. The first-order chi connectivity index (χ1) is 16.8. The van der Waals surface area contributed by atoms with Crippen molar-refractivity contribution in [1.29, 1.82) is 0 Å². The normalized spacial score (nSPS) is 15.9. The van der Waals surface area contributed by atoms with Crippen molar-refractivity contribution < 1.29 is 23.8 Å². The van der Waals surface area contributed by atoms with Crippen molar-refractivity contribution >= 4 is 34.9 Å². The number of halogens is 1. The van der Waals surface area contributed by atoms with Gasteiger partial charge < -0.3 is 24.4 Å². The summed E-state index contributed by atoms with van der Waals surface area (Å²) in [4.78, 5) is 30.5. The van der Waals surface area contributed by atoms with E-state index in [-0.39, 0.29) is 18.8 Å². The number of hydrogen-bond acceptors (Lipinski definition) is 8. The van der Waals surface area contributed by atoms with Gasteiger partial charge in [0, 0.05) is 27.0 Å². The number of carbonyl (C=O) groups is 2. The molecule has 1 atom stereocenters. The third kappa shape index (κ3) is 6.52. The molecule has 0 amide bonds. The highest BCUT2D eigenvalue weighted by Gasteiger charge is 2.39. The lowest BCUT2D eigenvalue weighted by Gasteiger charge is -2.31. The van der Waals surface area contributed by atoms with Crippen LogP contribution in [0, 0.1) is 0 Å². The number of nitrogens with one attached hydrogen (secondary N) is 1. The number of allylic oxidation sites excluding steroid dienone is 1. The molecule has 7 nitrogen and oxygen atoms in total. The number of thiophene rings is 1. The lowest BCUT2D eigenvalue weighted by atomic mass is 9.80. The third-order valence-electron chi connectivity index (χ3n) is 5.44. The Morgan fingerprint density at radius 2 is 1.77 bits per heavy atom. The summed E-state index contributed by atoms with van der Waals surface area (Å²) in [6.45, 7) is 5.07. The Labute approximate surface area is 215 Å². The Morgan fingerprint density at radius 1 is 1.06 bits per heavy atom. The van der Waals surface area contributed by atoms with Crippen LogP contribution in [0.2, 0.25) is 5.02 Å². The molecule has 3 rings (SSSR count). The maximum Gasteiger partial charge on any atom is 0.336 e. The fourth-order valence-electron chi connectivity index (χ4n) is 4.01. The number of carbonyl (C=O) groups excluding carboxylic acids is 2. The summed E-state index contributed by atoms with van der Waals surface area (Å²) in [6, 6.07) is 11.3. The number of benzene rings is 1. The van der Waals surface area contributed by atoms with Crippen LogP contribution in [0.1, 0.15) is 35.1 Å². The molecule has 2 aromatic rings. The Balaban J connectivity index is 1.97. The molecule has 1 aliphatic rings. The molecule has 1 unspecified atom stereocenters. The second kappa shape index (κ2) is 12.4. The maximum absolute atomic E-state index is 13.2. The van der Waals surface area contributed by atoms with Crippen LogP contribution in [0.15, 0.2) is 58.9 Å². The number of ether oxygens (including phenoxy) is 3. The van der Waals surface area contributed by atoms with Crippen LogP contribution in [0.5, 0.6) is 0 Å². The first-order valence-corrected chi connectivity index (χ1v) is 12.5. The number of rotatable bonds is 10. The van der Waals surface area contributed by atoms with Gasteiger partial charge in [-0.2, -0.15) is 0 Å². The topological polar surface area (TPSA) is 77.1 Å². The van der Waals surface area contributed by atoms with Crippen molar-refractivity contribution in [3.63, 3.8) is 0 Å². The Bertz CT molecular complexity index is 1140. The van der Waals surface area contributed by atoms with E-state index in [1.807, 2.05) is 26.2 Å². The first kappa shape index (κ1) is 26.9. The number of hydrogen-bond donors (Lipinski definition) is 1. The predicted molar refractivity (Wildman–Crippen MR) is 137 cm³/mol. The van der Waals surface area contributed by atoms with E-state index < -0.39 is 17.9 Å². The molecule has 0 spiro atoms. The molecule has 1 aromatic heterocycles. The van der Waals surface area contributed by atoms with Gasteiger partial charge in [-0.05, 0) is 51.7 Å². The highest BCUT2D eigenvalue weighted by molar-refractivity contribution is 7.11. The molecule has 0 bridgehead atoms. The van der Waals surface area contributed by atoms with E-state index in [0.29, 0.717) is 34.2 Å². The summed E-state index contributed by atoms with van der Waals surface area (Å²) < 4.78 is 16.5. The van der Waals surface area contributed by atoms with Crippen molar-refractivity contribution in [1.82, 2.24) is 10.2 Å². The predicted octanol–water partition coefficient (Wildman–Crippen LogP) is 4.63. The van der Waals surface area contributed by atoms with Gasteiger partial charge in [0.2, 0.25) is 0 Å². The zero-order chi connectivity index (χ0) is 25.5. The first-order valence-electron chi connectivity index (χ1n) is 11.3. The van der Waals surface area contributed by atoms with Crippen LogP contribution in [0.25, 0.3) is 0 Å². The molecule has 0 aliphatic carbocycles. The van der Waals surface area contributed by atoms with Crippen LogP contribution in [0.3, 0.4) is 0 Å². The summed E-state index contributed by atoms with van der Waals surface area (Å²) in [5.74, 6) is -1.85. The number of dihydropyridines is 1. The highest BCUT2D eigenvalue weighted by atomic mass is 35.5. The Hall–Kier alpha value is -2.65. The second-order valence-electron chi connectivity index (χ2n) is 8.32. The highest BCUT2D eigenvalue weighted by Crippen LogP contribution is 2.42. The molecule has 1 aliphatic heterocycles. The minimum atomic E-state index is -0.761. The quantitative estimate of drug-likeness (QED) is 0.459. The van der Waals surface area contributed by atoms with Gasteiger partial charge in [0.15, 0.2) is 0 Å². The number of methoxy groups -OCH3 is 1. The fourth-order valence-corrected chi connectivity index (χ4v) is 5.33. The number of esters is 2. The van der Waals surface area contributed by atoms with E-state index in [0.717, 1.165) is 11.4 Å². The van der Waals surface area contributed by atoms with E-state index >= 15 is 0 Å². The third-order valence-corrected chi connectivity index (χ3v) is 6.83. The Kier molecular flexibility index (Phi) is 9.51. The average molecular weight is 519 g/mol. The lowest BCUT2D eigenvalue weighted by Crippen LogP contribution is -2.34. The molecule has 9 heteroatoms. The molecule has 2 heterocycles. The molecule has 1 N–H and O–H groups in total. The van der Waals surface area contributed by atoms with Crippen LogP contribution < -0.4 is 5.32 Å². The van der Waals surface area contributed by atoms with E-state index in [2.05, 4.69) is 16.3 Å². The zero-order valence-corrected chi connectivity index (χ0v) is 22.2. The van der Waals surface area contributed by atoms with Gasteiger partial charge in [-0.15, -0.1) is 11.3 Å². The minimum Gasteiger partial charge on any atom is -0.466 e. The van der Waals surface area contributed by atoms with Crippen LogP contribution in [-0.4, -0.2) is 51.3 Å². The Morgan fingerprint density at radius 3 is 2.43 bits per heavy atom. The van der Waals surface area contributed by atoms with Gasteiger partial charge in [-0.3, -0.25) is 0 Å². The van der Waals surface area contributed by atoms with Gasteiger partial charge >= 0.3 is 11.9 Å². The van der Waals surface area contributed by atoms with Crippen molar-refractivity contribution in [2.45, 2.75) is 32.9 Å². The fraction of sp³-hybridized carbons (Fsp3) is 0.385. The molecule has 0 saturated carbocycles. The molecular formula is C26H31ClN2O5S. The largest absolute Gasteiger partial charge is 0.466 e. The van der Waals surface area contributed by atoms with Gasteiger partial charge in [0.05, 0.1) is 49.7 Å². The van der Waals surface area contributed by atoms with E-state index in [1.54, 1.807) is 43.4 Å². The summed E-state index contributed by atoms with van der Waals surface area (Å²) >= 11 is 8.22. The number of nitrogens with zero attached hydrogens (tertiary/aromatic N) is 1. The van der Waals surface area contributed by atoms with Crippen LogP contribution in [-0.2, 0) is 37.0 Å². The van der Waals surface area contributed by atoms with Crippen molar-refractivity contribution in [2.24, 2.45) is 0 Å². The second-order valence-corrected chi connectivity index (χ2v) is 9.98. The van der Waals surface area contributed by atoms with Crippen LogP contribution >= 0.6 is 22.9 Å². The van der Waals surface area contributed by atoms with E-state index in [1.165, 1.54) is 12.0 Å². The monoisotopic (exact) mass is 518 g/mol. The van der Waals surface area contributed by atoms with Crippen LogP contribution in [0.4, 0.5) is 0 Å². The SMILES string of the molecule is CCOC(=O)C1=C(COCc2ccc(CN(C)C)s2)NC(C)=C(C(=O)OC)C1c1ccccc1Cl. The molecule has 188 valence electrons. The summed E-state index contributed by atoms with van der Waals surface area (Å²) in [7, 11) is 5.37. The van der Waals surface area contributed by atoms with Crippen molar-refractivity contribution in [2.75, 3.05) is 34.4 Å². The molecule has 0 radical (unpaired) electrons. The average Bonchev–Trinajstić information content (AvgIpc) is 3.25. The summed E-state index contributed by atoms with van der Waals surface area (Å²) in [5.41, 5.74) is 2.30. The van der Waals surface area contributed by atoms with Gasteiger partial charge in [0.25, 0.3) is 0 Å². The van der Waals surface area contributed by atoms with E-state index in [9.17, 15) is 9.59 Å².